The first kappa shape index (κ1) is 26.6. The summed E-state index contributed by atoms with van der Waals surface area (Å²) < 4.78 is 16.2. The van der Waals surface area contributed by atoms with Crippen LogP contribution in [0.5, 0.6) is 11.5 Å². The van der Waals surface area contributed by atoms with Gasteiger partial charge in [0.05, 0.1) is 35.9 Å². The predicted octanol–water partition coefficient (Wildman–Crippen LogP) is 5.01. The van der Waals surface area contributed by atoms with E-state index >= 15 is 0 Å². The van der Waals surface area contributed by atoms with Gasteiger partial charge in [0.1, 0.15) is 11.5 Å². The summed E-state index contributed by atoms with van der Waals surface area (Å²) in [5.74, 6) is -0.212. The van der Waals surface area contributed by atoms with Crippen molar-refractivity contribution in [2.24, 2.45) is 0 Å². The molecule has 0 aliphatic rings. The molecule has 0 heterocycles. The van der Waals surface area contributed by atoms with Gasteiger partial charge in [-0.05, 0) is 50.2 Å². The van der Waals surface area contributed by atoms with E-state index in [1.807, 2.05) is 26.0 Å². The fourth-order valence-corrected chi connectivity index (χ4v) is 4.03. The Balaban J connectivity index is 1.55. The third-order valence-corrected chi connectivity index (χ3v) is 5.80. The average Bonchev–Trinajstić information content (AvgIpc) is 2.89. The molecular weight excluding hydrogens is 480 g/mol. The molecule has 3 aromatic rings. The van der Waals surface area contributed by atoms with Crippen LogP contribution in [-0.2, 0) is 14.3 Å². The van der Waals surface area contributed by atoms with Gasteiger partial charge in [0.25, 0.3) is 5.91 Å². The topological polar surface area (TPSA) is 103 Å². The van der Waals surface area contributed by atoms with Crippen molar-refractivity contribution in [1.29, 1.82) is 0 Å². The van der Waals surface area contributed by atoms with Crippen LogP contribution >= 0.6 is 11.8 Å². The maximum atomic E-state index is 12.7. The molecule has 0 aliphatic heterocycles. The minimum atomic E-state index is -0.659. The number of rotatable bonds is 12. The van der Waals surface area contributed by atoms with Crippen molar-refractivity contribution in [2.45, 2.75) is 18.7 Å². The SMILES string of the molecule is CCOc1ccccc1NC(=O)COC(=O)c1ccccc1SCC(=O)Nc1ccccc1OCC. The van der Waals surface area contributed by atoms with Crippen molar-refractivity contribution in [3.05, 3.63) is 78.4 Å². The molecule has 8 nitrogen and oxygen atoms in total. The Kier molecular flexibility index (Phi) is 10.2. The van der Waals surface area contributed by atoms with Crippen LogP contribution in [0.4, 0.5) is 11.4 Å². The highest BCUT2D eigenvalue weighted by Crippen LogP contribution is 2.27. The van der Waals surface area contributed by atoms with Gasteiger partial charge >= 0.3 is 5.97 Å². The molecule has 3 aromatic carbocycles. The highest BCUT2D eigenvalue weighted by atomic mass is 32.2. The summed E-state index contributed by atoms with van der Waals surface area (Å²) in [7, 11) is 0. The maximum absolute atomic E-state index is 12.7. The second kappa shape index (κ2) is 13.8. The summed E-state index contributed by atoms with van der Waals surface area (Å²) in [5, 5.41) is 5.51. The number of ether oxygens (including phenoxy) is 3. The molecule has 0 aromatic heterocycles. The number of esters is 1. The molecule has 188 valence electrons. The van der Waals surface area contributed by atoms with E-state index in [2.05, 4.69) is 10.6 Å². The van der Waals surface area contributed by atoms with Gasteiger partial charge in [-0.2, -0.15) is 0 Å². The number of thioether (sulfide) groups is 1. The molecule has 2 N–H and O–H groups in total. The molecule has 0 unspecified atom stereocenters. The van der Waals surface area contributed by atoms with Crippen molar-refractivity contribution >= 4 is 40.9 Å². The lowest BCUT2D eigenvalue weighted by Crippen LogP contribution is -2.21. The second-order valence-corrected chi connectivity index (χ2v) is 8.33. The lowest BCUT2D eigenvalue weighted by Gasteiger charge is -2.13. The number of carbonyl (C=O) groups excluding carboxylic acids is 3. The van der Waals surface area contributed by atoms with Gasteiger partial charge < -0.3 is 24.8 Å². The van der Waals surface area contributed by atoms with E-state index in [0.29, 0.717) is 41.0 Å². The van der Waals surface area contributed by atoms with Crippen LogP contribution in [-0.4, -0.2) is 43.4 Å². The number of hydrogen-bond acceptors (Lipinski definition) is 7. The molecule has 3 rings (SSSR count). The van der Waals surface area contributed by atoms with Gasteiger partial charge in [-0.25, -0.2) is 4.79 Å². The first-order valence-electron chi connectivity index (χ1n) is 11.4. The molecular formula is C27H28N2O6S. The normalized spacial score (nSPS) is 10.3. The lowest BCUT2D eigenvalue weighted by molar-refractivity contribution is -0.119. The standard InChI is InChI=1S/C27H28N2O6S/c1-3-33-22-14-8-6-12-20(22)28-25(30)17-35-27(32)19-11-5-10-16-24(19)36-18-26(31)29-21-13-7-9-15-23(21)34-4-2/h5-16H,3-4,17-18H2,1-2H3,(H,28,30)(H,29,31). The molecule has 0 spiro atoms. The van der Waals surface area contributed by atoms with E-state index in [1.54, 1.807) is 60.7 Å². The zero-order valence-corrected chi connectivity index (χ0v) is 20.9. The van der Waals surface area contributed by atoms with Gasteiger partial charge in [0.2, 0.25) is 5.91 Å². The average molecular weight is 509 g/mol. The van der Waals surface area contributed by atoms with Crippen molar-refractivity contribution in [2.75, 3.05) is 36.2 Å². The summed E-state index contributed by atoms with van der Waals surface area (Å²) in [6.45, 7) is 4.18. The molecule has 0 aliphatic carbocycles. The number of para-hydroxylation sites is 4. The van der Waals surface area contributed by atoms with Crippen LogP contribution in [0.2, 0.25) is 0 Å². The van der Waals surface area contributed by atoms with E-state index in [1.165, 1.54) is 11.8 Å². The monoisotopic (exact) mass is 508 g/mol. The Hall–Kier alpha value is -3.98. The Morgan fingerprint density at radius 3 is 1.86 bits per heavy atom. The zero-order valence-electron chi connectivity index (χ0n) is 20.1. The summed E-state index contributed by atoms with van der Waals surface area (Å²) in [6.07, 6.45) is 0. The van der Waals surface area contributed by atoms with Crippen molar-refractivity contribution in [3.63, 3.8) is 0 Å². The predicted molar refractivity (Wildman–Crippen MR) is 140 cm³/mol. The first-order valence-corrected chi connectivity index (χ1v) is 12.4. The van der Waals surface area contributed by atoms with Crippen molar-refractivity contribution in [1.82, 2.24) is 0 Å². The quantitative estimate of drug-likeness (QED) is 0.262. The smallest absolute Gasteiger partial charge is 0.339 e. The van der Waals surface area contributed by atoms with Crippen LogP contribution in [0.3, 0.4) is 0 Å². The van der Waals surface area contributed by atoms with Gasteiger partial charge in [-0.15, -0.1) is 11.8 Å². The van der Waals surface area contributed by atoms with E-state index in [0.717, 1.165) is 0 Å². The van der Waals surface area contributed by atoms with Gasteiger partial charge in [-0.3, -0.25) is 9.59 Å². The maximum Gasteiger partial charge on any atom is 0.339 e. The number of nitrogens with one attached hydrogen (secondary N) is 2. The van der Waals surface area contributed by atoms with E-state index in [9.17, 15) is 14.4 Å². The van der Waals surface area contributed by atoms with E-state index < -0.39 is 18.5 Å². The molecule has 0 atom stereocenters. The highest BCUT2D eigenvalue weighted by Gasteiger charge is 2.17. The molecule has 0 bridgehead atoms. The van der Waals surface area contributed by atoms with Crippen LogP contribution in [0.1, 0.15) is 24.2 Å². The lowest BCUT2D eigenvalue weighted by atomic mass is 10.2. The third kappa shape index (κ3) is 7.78. The fraction of sp³-hybridized carbons (Fsp3) is 0.222. The summed E-state index contributed by atoms with van der Waals surface area (Å²) in [4.78, 5) is 38.1. The summed E-state index contributed by atoms with van der Waals surface area (Å²) in [5.41, 5.74) is 1.34. The molecule has 0 radical (unpaired) electrons. The fourth-order valence-electron chi connectivity index (χ4n) is 3.19. The van der Waals surface area contributed by atoms with Crippen LogP contribution in [0, 0.1) is 0 Å². The van der Waals surface area contributed by atoms with E-state index in [4.69, 9.17) is 14.2 Å². The Morgan fingerprint density at radius 1 is 0.722 bits per heavy atom. The second-order valence-electron chi connectivity index (χ2n) is 7.32. The number of benzene rings is 3. The van der Waals surface area contributed by atoms with Gasteiger partial charge in [-0.1, -0.05) is 36.4 Å². The molecule has 0 saturated carbocycles. The van der Waals surface area contributed by atoms with Crippen LogP contribution in [0.25, 0.3) is 0 Å². The number of carbonyl (C=O) groups is 3. The van der Waals surface area contributed by atoms with Crippen molar-refractivity contribution in [3.8, 4) is 11.5 Å². The largest absolute Gasteiger partial charge is 0.492 e. The van der Waals surface area contributed by atoms with Gasteiger partial charge in [0.15, 0.2) is 6.61 Å². The molecule has 2 amide bonds. The highest BCUT2D eigenvalue weighted by molar-refractivity contribution is 8.00. The third-order valence-electron chi connectivity index (χ3n) is 4.72. The molecule has 0 saturated heterocycles. The number of hydrogen-bond donors (Lipinski definition) is 2. The molecule has 9 heteroatoms. The summed E-state index contributed by atoms with van der Waals surface area (Å²) in [6, 6.07) is 21.0. The minimum Gasteiger partial charge on any atom is -0.492 e. The molecule has 36 heavy (non-hydrogen) atoms. The minimum absolute atomic E-state index is 0.0689. The Bertz CT molecular complexity index is 1200. The van der Waals surface area contributed by atoms with Crippen LogP contribution in [0.15, 0.2) is 77.7 Å². The van der Waals surface area contributed by atoms with Crippen molar-refractivity contribution < 1.29 is 28.6 Å². The first-order chi connectivity index (χ1) is 17.5. The Labute approximate surface area is 214 Å². The summed E-state index contributed by atoms with van der Waals surface area (Å²) >= 11 is 1.20. The number of amides is 2. The van der Waals surface area contributed by atoms with E-state index in [-0.39, 0.29) is 17.2 Å². The Morgan fingerprint density at radius 2 is 1.25 bits per heavy atom. The number of anilines is 2. The van der Waals surface area contributed by atoms with Gasteiger partial charge in [0, 0.05) is 4.90 Å². The van der Waals surface area contributed by atoms with Crippen LogP contribution < -0.4 is 20.1 Å². The molecule has 0 fully saturated rings. The zero-order chi connectivity index (χ0) is 25.8.